The lowest BCUT2D eigenvalue weighted by Gasteiger charge is -2.18. The molecule has 0 aromatic heterocycles. The van der Waals surface area contributed by atoms with Gasteiger partial charge in [0.15, 0.2) is 0 Å². The van der Waals surface area contributed by atoms with Crippen LogP contribution in [0.2, 0.25) is 10.0 Å². The third-order valence-electron chi connectivity index (χ3n) is 2.75. The second-order valence-corrected chi connectivity index (χ2v) is 5.74. The molecular weight excluding hydrogens is 320 g/mol. The van der Waals surface area contributed by atoms with E-state index in [4.69, 9.17) is 23.2 Å². The van der Waals surface area contributed by atoms with E-state index in [1.165, 1.54) is 7.11 Å². The molecule has 0 saturated heterocycles. The van der Waals surface area contributed by atoms with Crippen molar-refractivity contribution in [2.45, 2.75) is 26.3 Å². The Labute approximate surface area is 132 Å². The molecule has 0 aliphatic carbocycles. The van der Waals surface area contributed by atoms with E-state index in [-0.39, 0.29) is 21.5 Å². The van der Waals surface area contributed by atoms with Gasteiger partial charge in [-0.25, -0.2) is 9.18 Å². The van der Waals surface area contributed by atoms with Gasteiger partial charge >= 0.3 is 5.97 Å². The largest absolute Gasteiger partial charge is 0.467 e. The Morgan fingerprint density at radius 3 is 2.43 bits per heavy atom. The van der Waals surface area contributed by atoms with E-state index in [1.807, 2.05) is 13.8 Å². The highest BCUT2D eigenvalue weighted by molar-refractivity contribution is 6.36. The van der Waals surface area contributed by atoms with E-state index in [9.17, 15) is 14.0 Å². The Balaban J connectivity index is 2.96. The number of benzene rings is 1. The van der Waals surface area contributed by atoms with E-state index in [0.717, 1.165) is 12.1 Å². The lowest BCUT2D eigenvalue weighted by molar-refractivity contribution is -0.143. The van der Waals surface area contributed by atoms with Crippen LogP contribution < -0.4 is 5.32 Å². The molecule has 1 N–H and O–H groups in total. The van der Waals surface area contributed by atoms with Crippen LogP contribution in [0.15, 0.2) is 12.1 Å². The van der Waals surface area contributed by atoms with E-state index < -0.39 is 23.7 Å². The second kappa shape index (κ2) is 7.61. The SMILES string of the molecule is COC(=O)C(CC(C)C)NC(=O)c1cc(F)c(Cl)cc1Cl. The molecule has 0 fully saturated rings. The number of ether oxygens (including phenoxy) is 1. The summed E-state index contributed by atoms with van der Waals surface area (Å²) in [6.07, 6.45) is 0.395. The standard InChI is InChI=1S/C14H16Cl2FNO3/c1-7(2)4-12(14(20)21-3)18-13(19)8-5-11(17)10(16)6-9(8)15/h5-7,12H,4H2,1-3H3,(H,18,19). The number of amides is 1. The number of rotatable bonds is 5. The summed E-state index contributed by atoms with van der Waals surface area (Å²) >= 11 is 11.4. The maximum absolute atomic E-state index is 13.4. The van der Waals surface area contributed by atoms with Crippen LogP contribution in [0.3, 0.4) is 0 Å². The quantitative estimate of drug-likeness (QED) is 0.662. The Bertz CT molecular complexity index is 549. The number of esters is 1. The van der Waals surface area contributed by atoms with E-state index in [0.29, 0.717) is 6.42 Å². The minimum absolute atomic E-state index is 0.00654. The fourth-order valence-electron chi connectivity index (χ4n) is 1.76. The maximum Gasteiger partial charge on any atom is 0.328 e. The minimum atomic E-state index is -0.822. The molecule has 0 heterocycles. The van der Waals surface area contributed by atoms with Gasteiger partial charge in [0, 0.05) is 0 Å². The monoisotopic (exact) mass is 335 g/mol. The molecule has 1 unspecified atom stereocenters. The first-order chi connectivity index (χ1) is 9.76. The number of halogens is 3. The number of carbonyl (C=O) groups is 2. The summed E-state index contributed by atoms with van der Waals surface area (Å²) in [7, 11) is 1.23. The van der Waals surface area contributed by atoms with Crippen LogP contribution in [0, 0.1) is 11.7 Å². The van der Waals surface area contributed by atoms with E-state index >= 15 is 0 Å². The number of carbonyl (C=O) groups excluding carboxylic acids is 2. The predicted molar refractivity (Wildman–Crippen MR) is 79.1 cm³/mol. The highest BCUT2D eigenvalue weighted by atomic mass is 35.5. The van der Waals surface area contributed by atoms with Crippen LogP contribution >= 0.6 is 23.2 Å². The van der Waals surface area contributed by atoms with Gasteiger partial charge in [-0.2, -0.15) is 0 Å². The summed E-state index contributed by atoms with van der Waals surface area (Å²) in [5, 5.41) is 2.32. The molecule has 1 aromatic carbocycles. The number of nitrogens with one attached hydrogen (secondary N) is 1. The van der Waals surface area contributed by atoms with Crippen LogP contribution in [-0.4, -0.2) is 25.0 Å². The molecule has 21 heavy (non-hydrogen) atoms. The van der Waals surface area contributed by atoms with Gasteiger partial charge in [-0.3, -0.25) is 4.79 Å². The van der Waals surface area contributed by atoms with Crippen LogP contribution in [0.5, 0.6) is 0 Å². The fourth-order valence-corrected chi connectivity index (χ4v) is 2.23. The molecule has 4 nitrogen and oxygen atoms in total. The highest BCUT2D eigenvalue weighted by Crippen LogP contribution is 2.24. The summed E-state index contributed by atoms with van der Waals surface area (Å²) in [5.74, 6) is -1.83. The van der Waals surface area contributed by atoms with Gasteiger partial charge in [0.2, 0.25) is 0 Å². The van der Waals surface area contributed by atoms with Crippen molar-refractivity contribution < 1.29 is 18.7 Å². The van der Waals surface area contributed by atoms with Crippen LogP contribution in [-0.2, 0) is 9.53 Å². The van der Waals surface area contributed by atoms with Gasteiger partial charge in [-0.1, -0.05) is 37.0 Å². The van der Waals surface area contributed by atoms with Crippen LogP contribution in [0.1, 0.15) is 30.6 Å². The average molecular weight is 336 g/mol. The molecule has 7 heteroatoms. The van der Waals surface area contributed by atoms with Crippen molar-refractivity contribution in [3.8, 4) is 0 Å². The first kappa shape index (κ1) is 17.7. The molecule has 0 aliphatic rings. The first-order valence-corrected chi connectivity index (χ1v) is 7.05. The molecule has 0 spiro atoms. The Kier molecular flexibility index (Phi) is 6.42. The van der Waals surface area contributed by atoms with Gasteiger partial charge in [0.05, 0.1) is 22.7 Å². The number of hydrogen-bond acceptors (Lipinski definition) is 3. The van der Waals surface area contributed by atoms with Gasteiger partial charge in [0.1, 0.15) is 11.9 Å². The maximum atomic E-state index is 13.4. The van der Waals surface area contributed by atoms with Gasteiger partial charge in [-0.05, 0) is 24.5 Å². The van der Waals surface area contributed by atoms with Crippen molar-refractivity contribution in [1.82, 2.24) is 5.32 Å². The molecule has 0 aliphatic heterocycles. The molecule has 1 atom stereocenters. The summed E-state index contributed by atoms with van der Waals surface area (Å²) < 4.78 is 18.1. The Hall–Kier alpha value is -1.33. The fraction of sp³-hybridized carbons (Fsp3) is 0.429. The third kappa shape index (κ3) is 4.86. The molecule has 0 bridgehead atoms. The highest BCUT2D eigenvalue weighted by Gasteiger charge is 2.24. The summed E-state index contributed by atoms with van der Waals surface area (Å²) in [6.45, 7) is 3.80. The van der Waals surface area contributed by atoms with E-state index in [1.54, 1.807) is 0 Å². The lowest BCUT2D eigenvalue weighted by Crippen LogP contribution is -2.42. The lowest BCUT2D eigenvalue weighted by atomic mass is 10.0. The van der Waals surface area contributed by atoms with Gasteiger partial charge in [-0.15, -0.1) is 0 Å². The third-order valence-corrected chi connectivity index (χ3v) is 3.36. The zero-order valence-electron chi connectivity index (χ0n) is 11.9. The molecule has 116 valence electrons. The van der Waals surface area contributed by atoms with Crippen LogP contribution in [0.25, 0.3) is 0 Å². The Morgan fingerprint density at radius 2 is 1.90 bits per heavy atom. The van der Waals surface area contributed by atoms with Gasteiger partial charge < -0.3 is 10.1 Å². The van der Waals surface area contributed by atoms with Crippen molar-refractivity contribution in [3.05, 3.63) is 33.6 Å². The molecule has 1 rings (SSSR count). The number of methoxy groups -OCH3 is 1. The van der Waals surface area contributed by atoms with Crippen molar-refractivity contribution in [3.63, 3.8) is 0 Å². The molecule has 1 aromatic rings. The molecule has 0 saturated carbocycles. The van der Waals surface area contributed by atoms with Crippen molar-refractivity contribution in [2.24, 2.45) is 5.92 Å². The Morgan fingerprint density at radius 1 is 1.29 bits per heavy atom. The predicted octanol–water partition coefficient (Wildman–Crippen LogP) is 3.45. The normalized spacial score (nSPS) is 12.1. The number of hydrogen-bond donors (Lipinski definition) is 1. The van der Waals surface area contributed by atoms with Crippen LogP contribution in [0.4, 0.5) is 4.39 Å². The van der Waals surface area contributed by atoms with E-state index in [2.05, 4.69) is 10.1 Å². The summed E-state index contributed by atoms with van der Waals surface area (Å²) in [5.41, 5.74) is -0.0868. The molecule has 0 radical (unpaired) electrons. The van der Waals surface area contributed by atoms with Crippen molar-refractivity contribution in [1.29, 1.82) is 0 Å². The summed E-state index contributed by atoms with van der Waals surface area (Å²) in [4.78, 5) is 23.8. The zero-order valence-corrected chi connectivity index (χ0v) is 13.4. The molecule has 1 amide bonds. The summed E-state index contributed by atoms with van der Waals surface area (Å²) in [6, 6.07) is 1.25. The average Bonchev–Trinajstić information content (AvgIpc) is 2.40. The smallest absolute Gasteiger partial charge is 0.328 e. The van der Waals surface area contributed by atoms with Gasteiger partial charge in [0.25, 0.3) is 5.91 Å². The first-order valence-electron chi connectivity index (χ1n) is 6.29. The second-order valence-electron chi connectivity index (χ2n) is 4.92. The van der Waals surface area contributed by atoms with Crippen molar-refractivity contribution in [2.75, 3.05) is 7.11 Å². The zero-order chi connectivity index (χ0) is 16.2. The molecular formula is C14H16Cl2FNO3. The minimum Gasteiger partial charge on any atom is -0.467 e. The topological polar surface area (TPSA) is 55.4 Å². The van der Waals surface area contributed by atoms with Crippen molar-refractivity contribution >= 4 is 35.1 Å².